The van der Waals surface area contributed by atoms with Crippen LogP contribution < -0.4 is 14.8 Å². The molecule has 0 saturated heterocycles. The Bertz CT molecular complexity index is 1070. The van der Waals surface area contributed by atoms with Crippen LogP contribution in [0.5, 0.6) is 11.5 Å². The number of nitrogens with zero attached hydrogens (tertiary/aromatic N) is 2. The minimum atomic E-state index is -0.185. The number of H-pyrrole nitrogens is 1. The summed E-state index contributed by atoms with van der Waals surface area (Å²) in [7, 11) is 0. The molecule has 2 N–H and O–H groups in total. The number of ether oxygens (including phenoxy) is 4. The van der Waals surface area contributed by atoms with E-state index in [1.54, 1.807) is 6.20 Å². The summed E-state index contributed by atoms with van der Waals surface area (Å²) in [6.07, 6.45) is 5.49. The van der Waals surface area contributed by atoms with Crippen LogP contribution in [0.25, 0.3) is 22.2 Å². The minimum absolute atomic E-state index is 0.185. The Morgan fingerprint density at radius 3 is 2.58 bits per heavy atom. The highest BCUT2D eigenvalue weighted by Gasteiger charge is 2.21. The standard InChI is InChI=1S/C21H24N4O5S/c1-13(26)24-18-9-14-15(11-22-16(14)12-23-18)20-21-17(10-19(25-20)31-2)29-7-5-27-3-4-28-6-8-30-21/h9-12,22H,3-8H2,1-2H3,(H,23,24,26). The van der Waals surface area contributed by atoms with Crippen LogP contribution in [0, 0.1) is 0 Å². The third-order valence-electron chi connectivity index (χ3n) is 4.58. The van der Waals surface area contributed by atoms with Crippen LogP contribution in [-0.4, -0.2) is 66.8 Å². The molecular formula is C21H24N4O5S. The van der Waals surface area contributed by atoms with E-state index in [9.17, 15) is 4.79 Å². The second-order valence-electron chi connectivity index (χ2n) is 6.76. The molecule has 164 valence electrons. The summed E-state index contributed by atoms with van der Waals surface area (Å²) >= 11 is 1.52. The van der Waals surface area contributed by atoms with Gasteiger partial charge in [0.1, 0.15) is 29.8 Å². The van der Waals surface area contributed by atoms with Crippen molar-refractivity contribution in [1.29, 1.82) is 0 Å². The molecule has 31 heavy (non-hydrogen) atoms. The van der Waals surface area contributed by atoms with Gasteiger partial charge in [0.05, 0.1) is 38.1 Å². The van der Waals surface area contributed by atoms with Gasteiger partial charge in [0.25, 0.3) is 0 Å². The van der Waals surface area contributed by atoms with Gasteiger partial charge in [-0.25, -0.2) is 9.97 Å². The van der Waals surface area contributed by atoms with Crippen molar-refractivity contribution < 1.29 is 23.7 Å². The molecule has 0 radical (unpaired) electrons. The molecule has 4 rings (SSSR count). The highest BCUT2D eigenvalue weighted by Crippen LogP contribution is 2.42. The third-order valence-corrected chi connectivity index (χ3v) is 5.21. The highest BCUT2D eigenvalue weighted by atomic mass is 32.2. The van der Waals surface area contributed by atoms with Crippen molar-refractivity contribution in [3.05, 3.63) is 24.5 Å². The van der Waals surface area contributed by atoms with Gasteiger partial charge in [0, 0.05) is 30.1 Å². The van der Waals surface area contributed by atoms with E-state index in [-0.39, 0.29) is 5.91 Å². The Kier molecular flexibility index (Phi) is 6.90. The molecule has 0 fully saturated rings. The quantitative estimate of drug-likeness (QED) is 0.594. The van der Waals surface area contributed by atoms with Gasteiger partial charge in [-0.05, 0) is 12.3 Å². The molecule has 0 bridgehead atoms. The van der Waals surface area contributed by atoms with Gasteiger partial charge in [-0.2, -0.15) is 0 Å². The molecule has 0 saturated carbocycles. The summed E-state index contributed by atoms with van der Waals surface area (Å²) in [6.45, 7) is 4.10. The highest BCUT2D eigenvalue weighted by molar-refractivity contribution is 7.98. The van der Waals surface area contributed by atoms with Crippen LogP contribution in [0.3, 0.4) is 0 Å². The minimum Gasteiger partial charge on any atom is -0.487 e. The molecule has 3 aromatic heterocycles. The number of carbonyl (C=O) groups excluding carboxylic acids is 1. The van der Waals surface area contributed by atoms with E-state index in [2.05, 4.69) is 15.3 Å². The number of nitrogens with one attached hydrogen (secondary N) is 2. The number of hydrogen-bond donors (Lipinski definition) is 2. The van der Waals surface area contributed by atoms with Crippen molar-refractivity contribution in [3.63, 3.8) is 0 Å². The number of hydrogen-bond acceptors (Lipinski definition) is 8. The zero-order chi connectivity index (χ0) is 21.6. The second kappa shape index (κ2) is 9.99. The lowest BCUT2D eigenvalue weighted by Gasteiger charge is -2.18. The summed E-state index contributed by atoms with van der Waals surface area (Å²) in [5.74, 6) is 1.42. The molecule has 0 atom stereocenters. The fraction of sp³-hybridized carbons (Fsp3) is 0.381. The van der Waals surface area contributed by atoms with Crippen molar-refractivity contribution in [2.75, 3.05) is 51.2 Å². The summed E-state index contributed by atoms with van der Waals surface area (Å²) in [6, 6.07) is 3.69. The summed E-state index contributed by atoms with van der Waals surface area (Å²) in [5, 5.41) is 4.38. The fourth-order valence-electron chi connectivity index (χ4n) is 3.22. The van der Waals surface area contributed by atoms with Gasteiger partial charge in [-0.15, -0.1) is 11.8 Å². The van der Waals surface area contributed by atoms with E-state index in [1.165, 1.54) is 18.7 Å². The van der Waals surface area contributed by atoms with Crippen LogP contribution in [-0.2, 0) is 14.3 Å². The summed E-state index contributed by atoms with van der Waals surface area (Å²) < 4.78 is 23.2. The number of amides is 1. The zero-order valence-corrected chi connectivity index (χ0v) is 18.2. The van der Waals surface area contributed by atoms with Gasteiger partial charge >= 0.3 is 0 Å². The number of carbonyl (C=O) groups is 1. The van der Waals surface area contributed by atoms with E-state index in [0.717, 1.165) is 21.5 Å². The number of aromatic nitrogens is 3. The van der Waals surface area contributed by atoms with E-state index < -0.39 is 0 Å². The summed E-state index contributed by atoms with van der Waals surface area (Å²) in [4.78, 5) is 23.8. The van der Waals surface area contributed by atoms with Crippen molar-refractivity contribution in [2.45, 2.75) is 11.9 Å². The maximum atomic E-state index is 11.5. The first-order chi connectivity index (χ1) is 15.2. The molecule has 4 heterocycles. The number of rotatable bonds is 3. The van der Waals surface area contributed by atoms with Crippen LogP contribution in [0.1, 0.15) is 6.92 Å². The number of fused-ring (bicyclic) bond motifs is 2. The molecule has 0 aliphatic carbocycles. The lowest BCUT2D eigenvalue weighted by molar-refractivity contribution is -0.114. The number of aromatic amines is 1. The first-order valence-electron chi connectivity index (χ1n) is 9.91. The average molecular weight is 445 g/mol. The van der Waals surface area contributed by atoms with Gasteiger partial charge in [0.2, 0.25) is 5.91 Å². The van der Waals surface area contributed by atoms with Gasteiger partial charge in [-0.3, -0.25) is 4.79 Å². The largest absolute Gasteiger partial charge is 0.487 e. The van der Waals surface area contributed by atoms with E-state index in [0.29, 0.717) is 62.7 Å². The van der Waals surface area contributed by atoms with Crippen molar-refractivity contribution in [3.8, 4) is 22.8 Å². The third kappa shape index (κ3) is 5.09. The second-order valence-corrected chi connectivity index (χ2v) is 7.59. The Hall–Kier alpha value is -2.82. The van der Waals surface area contributed by atoms with Crippen molar-refractivity contribution >= 4 is 34.4 Å². The lowest BCUT2D eigenvalue weighted by atomic mass is 10.1. The van der Waals surface area contributed by atoms with Crippen molar-refractivity contribution in [2.24, 2.45) is 0 Å². The SMILES string of the molecule is CSc1cc2c(c(-c3c[nH]c4cnc(NC(C)=O)cc34)n1)OCCOCCOCCO2. The Morgan fingerprint density at radius 2 is 1.84 bits per heavy atom. The maximum Gasteiger partial charge on any atom is 0.222 e. The summed E-state index contributed by atoms with van der Waals surface area (Å²) in [5.41, 5.74) is 2.29. The number of anilines is 1. The van der Waals surface area contributed by atoms with Crippen LogP contribution in [0.4, 0.5) is 5.82 Å². The predicted molar refractivity (Wildman–Crippen MR) is 118 cm³/mol. The lowest BCUT2D eigenvalue weighted by Crippen LogP contribution is -2.16. The van der Waals surface area contributed by atoms with Gasteiger partial charge < -0.3 is 29.2 Å². The number of pyridine rings is 2. The molecule has 0 aromatic carbocycles. The number of thioether (sulfide) groups is 1. The van der Waals surface area contributed by atoms with Crippen molar-refractivity contribution in [1.82, 2.24) is 15.0 Å². The van der Waals surface area contributed by atoms with E-state index >= 15 is 0 Å². The van der Waals surface area contributed by atoms with Gasteiger partial charge in [0.15, 0.2) is 11.5 Å². The molecule has 3 aromatic rings. The Morgan fingerprint density at radius 1 is 1.10 bits per heavy atom. The Balaban J connectivity index is 1.81. The molecule has 0 unspecified atom stereocenters. The normalized spacial score (nSPS) is 15.2. The maximum absolute atomic E-state index is 11.5. The van der Waals surface area contributed by atoms with E-state index in [4.69, 9.17) is 23.9 Å². The molecule has 1 aliphatic heterocycles. The molecular weight excluding hydrogens is 420 g/mol. The first-order valence-corrected chi connectivity index (χ1v) is 11.1. The Labute approximate surface area is 183 Å². The monoisotopic (exact) mass is 444 g/mol. The zero-order valence-electron chi connectivity index (χ0n) is 17.4. The van der Waals surface area contributed by atoms with Crippen LogP contribution in [0.2, 0.25) is 0 Å². The molecule has 10 heteroatoms. The van der Waals surface area contributed by atoms with Crippen LogP contribution in [0.15, 0.2) is 29.6 Å². The molecule has 1 aliphatic rings. The average Bonchev–Trinajstić information content (AvgIpc) is 3.16. The van der Waals surface area contributed by atoms with Gasteiger partial charge in [-0.1, -0.05) is 0 Å². The smallest absolute Gasteiger partial charge is 0.222 e. The van der Waals surface area contributed by atoms with E-state index in [1.807, 2.05) is 24.6 Å². The first kappa shape index (κ1) is 21.4. The van der Waals surface area contributed by atoms with Crippen LogP contribution >= 0.6 is 11.8 Å². The molecule has 9 nitrogen and oxygen atoms in total. The fourth-order valence-corrected chi connectivity index (χ4v) is 3.63. The predicted octanol–water partition coefficient (Wildman–Crippen LogP) is 3.11. The topological polar surface area (TPSA) is 108 Å². The molecule has 0 spiro atoms. The molecule has 1 amide bonds.